The predicted octanol–water partition coefficient (Wildman–Crippen LogP) is 7.69. The van der Waals surface area contributed by atoms with Crippen molar-refractivity contribution in [2.75, 3.05) is 59.2 Å². The molecule has 2 aliphatic heterocycles. The van der Waals surface area contributed by atoms with Crippen molar-refractivity contribution in [1.29, 1.82) is 0 Å². The summed E-state index contributed by atoms with van der Waals surface area (Å²) in [5, 5.41) is 2.83. The number of likely N-dealkylation sites (tertiary alicyclic amines) is 1. The maximum atomic E-state index is 12.7. The van der Waals surface area contributed by atoms with Crippen molar-refractivity contribution in [2.24, 2.45) is 0 Å². The van der Waals surface area contributed by atoms with Gasteiger partial charge in [-0.2, -0.15) is 0 Å². The van der Waals surface area contributed by atoms with Crippen LogP contribution < -0.4 is 5.32 Å². The van der Waals surface area contributed by atoms with Crippen LogP contribution in [-0.4, -0.2) is 87.2 Å². The Balaban J connectivity index is 1.40. The van der Waals surface area contributed by atoms with E-state index in [1.54, 1.807) is 0 Å². The summed E-state index contributed by atoms with van der Waals surface area (Å²) >= 11 is 0. The summed E-state index contributed by atoms with van der Waals surface area (Å²) in [6, 6.07) is 0.0863. The highest BCUT2D eigenvalue weighted by atomic mass is 16.6. The monoisotopic (exact) mass is 581 g/mol. The number of amides is 2. The number of carbonyl (C=O) groups is 2. The molecule has 0 radical (unpaired) electrons. The Morgan fingerprint density at radius 1 is 0.732 bits per heavy atom. The third-order valence-electron chi connectivity index (χ3n) is 8.57. The Hall–Kier alpha value is -1.54. The summed E-state index contributed by atoms with van der Waals surface area (Å²) in [6.45, 7) is 8.53. The van der Waals surface area contributed by atoms with E-state index in [-0.39, 0.29) is 18.2 Å². The van der Waals surface area contributed by atoms with Gasteiger partial charge >= 0.3 is 12.2 Å². The Morgan fingerprint density at radius 2 is 1.32 bits per heavy atom. The van der Waals surface area contributed by atoms with E-state index in [0.29, 0.717) is 26.2 Å². The molecule has 2 saturated heterocycles. The third kappa shape index (κ3) is 18.6. The lowest BCUT2D eigenvalue weighted by Gasteiger charge is -2.34. The molecule has 0 aromatic rings. The van der Waals surface area contributed by atoms with Gasteiger partial charge in [0.05, 0.1) is 26.4 Å². The molecular formula is C33H63N3O5. The molecule has 2 rings (SSSR count). The van der Waals surface area contributed by atoms with Crippen LogP contribution in [0.3, 0.4) is 0 Å². The number of nitrogens with zero attached hydrogens (tertiary/aromatic N) is 2. The minimum Gasteiger partial charge on any atom is -0.449 e. The van der Waals surface area contributed by atoms with E-state index in [1.165, 1.54) is 89.9 Å². The number of alkyl carbamates (subject to hydrolysis) is 1. The summed E-state index contributed by atoms with van der Waals surface area (Å²) in [5.74, 6) is 0. The molecule has 0 aliphatic carbocycles. The Kier molecular flexibility index (Phi) is 21.7. The van der Waals surface area contributed by atoms with Gasteiger partial charge in [0.15, 0.2) is 0 Å². The van der Waals surface area contributed by atoms with Gasteiger partial charge in [-0.3, -0.25) is 4.90 Å². The molecule has 41 heavy (non-hydrogen) atoms. The molecule has 0 saturated carbocycles. The van der Waals surface area contributed by atoms with Crippen LogP contribution in [0.1, 0.15) is 135 Å². The van der Waals surface area contributed by atoms with E-state index >= 15 is 0 Å². The molecule has 0 bridgehead atoms. The topological polar surface area (TPSA) is 80.3 Å². The zero-order chi connectivity index (χ0) is 29.2. The molecule has 2 fully saturated rings. The van der Waals surface area contributed by atoms with Crippen molar-refractivity contribution in [1.82, 2.24) is 15.1 Å². The largest absolute Gasteiger partial charge is 0.449 e. The lowest BCUT2D eigenvalue weighted by atomic mass is 10.0. The predicted molar refractivity (Wildman–Crippen MR) is 166 cm³/mol. The maximum absolute atomic E-state index is 12.7. The molecule has 8 heteroatoms. The van der Waals surface area contributed by atoms with E-state index < -0.39 is 0 Å². The first-order valence-corrected chi connectivity index (χ1v) is 17.3. The molecular weight excluding hydrogens is 518 g/mol. The lowest BCUT2D eigenvalue weighted by Crippen LogP contribution is -2.45. The van der Waals surface area contributed by atoms with E-state index in [1.807, 2.05) is 4.90 Å². The maximum Gasteiger partial charge on any atom is 0.410 e. The first kappa shape index (κ1) is 35.7. The van der Waals surface area contributed by atoms with Gasteiger partial charge in [-0.05, 0) is 25.7 Å². The highest BCUT2D eigenvalue weighted by Gasteiger charge is 2.27. The lowest BCUT2D eigenvalue weighted by molar-refractivity contribution is 0.0381. The number of hydrogen-bond acceptors (Lipinski definition) is 6. The minimum absolute atomic E-state index is 0.0863. The standard InChI is InChI=1S/C33H63N3O5/c1-2-3-4-5-6-7-8-9-10-11-12-13-14-15-16-19-27-41-33(38)36-23-18-17-20-31(36)21-28-40-32(37)34-22-24-35-25-29-39-30-26-35/h31H,2-30H2,1H3,(H,34,37). The van der Waals surface area contributed by atoms with Crippen LogP contribution in [-0.2, 0) is 14.2 Å². The molecule has 2 heterocycles. The first-order chi connectivity index (χ1) is 20.2. The molecule has 0 aromatic heterocycles. The van der Waals surface area contributed by atoms with Crippen molar-refractivity contribution < 1.29 is 23.8 Å². The number of piperidine rings is 1. The minimum atomic E-state index is -0.383. The number of carbonyl (C=O) groups excluding carboxylic acids is 2. The van der Waals surface area contributed by atoms with Crippen LogP contribution in [0.5, 0.6) is 0 Å². The van der Waals surface area contributed by atoms with Gasteiger partial charge in [0.2, 0.25) is 0 Å². The molecule has 1 atom stereocenters. The second-order valence-electron chi connectivity index (χ2n) is 12.1. The highest BCUT2D eigenvalue weighted by molar-refractivity contribution is 5.68. The van der Waals surface area contributed by atoms with E-state index in [9.17, 15) is 9.59 Å². The van der Waals surface area contributed by atoms with Gasteiger partial charge in [0.1, 0.15) is 0 Å². The summed E-state index contributed by atoms with van der Waals surface area (Å²) < 4.78 is 16.4. The van der Waals surface area contributed by atoms with Gasteiger partial charge in [0.25, 0.3) is 0 Å². The number of morpholine rings is 1. The fourth-order valence-electron chi connectivity index (χ4n) is 5.91. The van der Waals surface area contributed by atoms with Crippen LogP contribution in [0.4, 0.5) is 9.59 Å². The summed E-state index contributed by atoms with van der Waals surface area (Å²) in [5.41, 5.74) is 0. The normalized spacial score (nSPS) is 17.9. The Labute approximate surface area is 251 Å². The molecule has 1 unspecified atom stereocenters. The average molecular weight is 582 g/mol. The summed E-state index contributed by atoms with van der Waals surface area (Å²) in [7, 11) is 0. The number of unbranched alkanes of at least 4 members (excludes halogenated alkanes) is 15. The zero-order valence-electron chi connectivity index (χ0n) is 26.5. The van der Waals surface area contributed by atoms with Crippen molar-refractivity contribution in [3.8, 4) is 0 Å². The molecule has 8 nitrogen and oxygen atoms in total. The van der Waals surface area contributed by atoms with Crippen LogP contribution in [0.25, 0.3) is 0 Å². The second kappa shape index (κ2) is 25.0. The molecule has 0 spiro atoms. The molecule has 2 aliphatic rings. The SMILES string of the molecule is CCCCCCCCCCCCCCCCCCOC(=O)N1CCCCC1CCOC(=O)NCCN1CCOCC1. The Morgan fingerprint density at radius 3 is 1.93 bits per heavy atom. The number of ether oxygens (including phenoxy) is 3. The van der Waals surface area contributed by atoms with E-state index in [0.717, 1.165) is 71.5 Å². The second-order valence-corrected chi connectivity index (χ2v) is 12.1. The van der Waals surface area contributed by atoms with Gasteiger partial charge in [-0.25, -0.2) is 9.59 Å². The van der Waals surface area contributed by atoms with Crippen molar-refractivity contribution >= 4 is 12.2 Å². The number of hydrogen-bond donors (Lipinski definition) is 1. The average Bonchev–Trinajstić information content (AvgIpc) is 2.99. The van der Waals surface area contributed by atoms with Crippen molar-refractivity contribution in [3.05, 3.63) is 0 Å². The van der Waals surface area contributed by atoms with Gasteiger partial charge in [0, 0.05) is 45.2 Å². The van der Waals surface area contributed by atoms with Gasteiger partial charge in [-0.1, -0.05) is 103 Å². The van der Waals surface area contributed by atoms with Crippen LogP contribution in [0.2, 0.25) is 0 Å². The van der Waals surface area contributed by atoms with Crippen LogP contribution in [0, 0.1) is 0 Å². The molecule has 1 N–H and O–H groups in total. The van der Waals surface area contributed by atoms with Gasteiger partial charge in [-0.15, -0.1) is 0 Å². The van der Waals surface area contributed by atoms with Gasteiger partial charge < -0.3 is 24.4 Å². The number of nitrogens with one attached hydrogen (secondary N) is 1. The highest BCUT2D eigenvalue weighted by Crippen LogP contribution is 2.21. The quantitative estimate of drug-likeness (QED) is 0.125. The molecule has 2 amide bonds. The summed E-state index contributed by atoms with van der Waals surface area (Å²) in [6.07, 6.45) is 24.5. The fraction of sp³-hybridized carbons (Fsp3) is 0.939. The van der Waals surface area contributed by atoms with E-state index in [4.69, 9.17) is 14.2 Å². The van der Waals surface area contributed by atoms with E-state index in [2.05, 4.69) is 17.1 Å². The fourth-order valence-corrected chi connectivity index (χ4v) is 5.91. The number of rotatable bonds is 23. The summed E-state index contributed by atoms with van der Waals surface area (Å²) in [4.78, 5) is 28.9. The van der Waals surface area contributed by atoms with Crippen LogP contribution >= 0.6 is 0 Å². The smallest absolute Gasteiger partial charge is 0.410 e. The Bertz CT molecular complexity index is 644. The first-order valence-electron chi connectivity index (χ1n) is 17.3. The molecule has 0 aromatic carbocycles. The van der Waals surface area contributed by atoms with Crippen molar-refractivity contribution in [3.63, 3.8) is 0 Å². The van der Waals surface area contributed by atoms with Crippen LogP contribution in [0.15, 0.2) is 0 Å². The zero-order valence-corrected chi connectivity index (χ0v) is 26.5. The molecule has 240 valence electrons. The van der Waals surface area contributed by atoms with Crippen molar-refractivity contribution in [2.45, 2.75) is 141 Å². The third-order valence-corrected chi connectivity index (χ3v) is 8.57.